The summed E-state index contributed by atoms with van der Waals surface area (Å²) in [6.07, 6.45) is 0.144. The van der Waals surface area contributed by atoms with Crippen molar-refractivity contribution >= 4 is 23.4 Å². The number of anilines is 1. The molecule has 0 aliphatic carbocycles. The van der Waals surface area contributed by atoms with Crippen LogP contribution in [0.5, 0.6) is 0 Å². The molecule has 4 rings (SSSR count). The van der Waals surface area contributed by atoms with Crippen molar-refractivity contribution < 1.29 is 23.2 Å². The zero-order chi connectivity index (χ0) is 21.3. The third-order valence-electron chi connectivity index (χ3n) is 4.42. The Morgan fingerprint density at radius 3 is 2.43 bits per heavy atom. The lowest BCUT2D eigenvalue weighted by atomic mass is 10.1. The van der Waals surface area contributed by atoms with E-state index in [9.17, 15) is 23.2 Å². The Labute approximate surface area is 168 Å². The first-order chi connectivity index (χ1) is 14.4. The number of hydrogen-bond donors (Lipinski definition) is 1. The van der Waals surface area contributed by atoms with E-state index in [1.54, 1.807) is 24.3 Å². The van der Waals surface area contributed by atoms with Gasteiger partial charge in [-0.2, -0.15) is 4.80 Å². The number of nitrogens with zero attached hydrogens (tertiary/aromatic N) is 5. The molecule has 30 heavy (non-hydrogen) atoms. The zero-order valence-corrected chi connectivity index (χ0v) is 15.4. The highest BCUT2D eigenvalue weighted by Gasteiger charge is 2.34. The first-order valence-electron chi connectivity index (χ1n) is 8.89. The predicted molar refractivity (Wildman–Crippen MR) is 98.3 cm³/mol. The Balaban J connectivity index is 1.35. The largest absolute Gasteiger partial charge is 0.322 e. The molecule has 1 aliphatic rings. The first-order valence-corrected chi connectivity index (χ1v) is 8.89. The highest BCUT2D eigenvalue weighted by molar-refractivity contribution is 6.21. The summed E-state index contributed by atoms with van der Waals surface area (Å²) in [6.45, 7) is -0.325. The van der Waals surface area contributed by atoms with Crippen molar-refractivity contribution in [2.75, 3.05) is 11.9 Å². The van der Waals surface area contributed by atoms with Gasteiger partial charge in [0.1, 0.15) is 18.2 Å². The van der Waals surface area contributed by atoms with Gasteiger partial charge in [-0.25, -0.2) is 8.78 Å². The summed E-state index contributed by atoms with van der Waals surface area (Å²) in [7, 11) is 0. The lowest BCUT2D eigenvalue weighted by molar-refractivity contribution is -0.117. The second-order valence-corrected chi connectivity index (χ2v) is 6.47. The van der Waals surface area contributed by atoms with Gasteiger partial charge in [0, 0.05) is 19.0 Å². The van der Waals surface area contributed by atoms with Crippen LogP contribution in [0.2, 0.25) is 0 Å². The summed E-state index contributed by atoms with van der Waals surface area (Å²) in [5.74, 6) is -2.71. The SMILES string of the molecule is O=C(Cn1nnc(CCN2C(=O)c3ccccc3C2=O)n1)Nc1cc(F)ccc1F. The molecule has 0 bridgehead atoms. The fraction of sp³-hybridized carbons (Fsp3) is 0.158. The molecule has 2 aromatic carbocycles. The van der Waals surface area contributed by atoms with Gasteiger partial charge in [0.05, 0.1) is 16.8 Å². The molecule has 9 nitrogen and oxygen atoms in total. The number of carbonyl (C=O) groups excluding carboxylic acids is 3. The van der Waals surface area contributed by atoms with Crippen LogP contribution in [0, 0.1) is 11.6 Å². The number of aromatic nitrogens is 4. The van der Waals surface area contributed by atoms with E-state index in [0.717, 1.165) is 27.9 Å². The fourth-order valence-electron chi connectivity index (χ4n) is 3.01. The maximum absolute atomic E-state index is 13.6. The Hall–Kier alpha value is -4.02. The second-order valence-electron chi connectivity index (χ2n) is 6.47. The van der Waals surface area contributed by atoms with E-state index in [1.165, 1.54) is 0 Å². The highest BCUT2D eigenvalue weighted by atomic mass is 19.1. The van der Waals surface area contributed by atoms with E-state index in [0.29, 0.717) is 11.1 Å². The highest BCUT2D eigenvalue weighted by Crippen LogP contribution is 2.22. The number of fused-ring (bicyclic) bond motifs is 1. The minimum atomic E-state index is -0.780. The van der Waals surface area contributed by atoms with Crippen LogP contribution in [0.4, 0.5) is 14.5 Å². The van der Waals surface area contributed by atoms with Crippen LogP contribution >= 0.6 is 0 Å². The lowest BCUT2D eigenvalue weighted by Crippen LogP contribution is -2.32. The van der Waals surface area contributed by atoms with E-state index < -0.39 is 17.5 Å². The third-order valence-corrected chi connectivity index (χ3v) is 4.42. The summed E-state index contributed by atoms with van der Waals surface area (Å²) in [5.41, 5.74) is 0.395. The molecule has 2 heterocycles. The Bertz CT molecular complexity index is 1130. The van der Waals surface area contributed by atoms with Crippen molar-refractivity contribution in [2.45, 2.75) is 13.0 Å². The number of nitrogens with one attached hydrogen (secondary N) is 1. The molecule has 0 atom stereocenters. The van der Waals surface area contributed by atoms with Gasteiger partial charge in [0.25, 0.3) is 11.8 Å². The molecule has 0 radical (unpaired) electrons. The van der Waals surface area contributed by atoms with Crippen LogP contribution in [0.25, 0.3) is 0 Å². The molecule has 1 aliphatic heterocycles. The predicted octanol–water partition coefficient (Wildman–Crippen LogP) is 1.43. The molecule has 0 saturated carbocycles. The number of halogens is 2. The number of tetrazole rings is 1. The van der Waals surface area contributed by atoms with E-state index in [1.807, 2.05) is 0 Å². The standard InChI is InChI=1S/C19H14F2N6O3/c20-11-5-6-14(21)15(9-11)22-17(28)10-27-24-16(23-25-27)7-8-26-18(29)12-3-1-2-4-13(12)19(26)30/h1-6,9H,7-8,10H2,(H,22,28). The number of rotatable bonds is 6. The summed E-state index contributed by atoms with van der Waals surface area (Å²) >= 11 is 0. The van der Waals surface area contributed by atoms with Gasteiger partial charge in [-0.1, -0.05) is 12.1 Å². The normalized spacial score (nSPS) is 12.9. The van der Waals surface area contributed by atoms with E-state index in [4.69, 9.17) is 0 Å². The van der Waals surface area contributed by atoms with Crippen molar-refractivity contribution in [3.63, 3.8) is 0 Å². The molecule has 0 spiro atoms. The average molecular weight is 412 g/mol. The Morgan fingerprint density at radius 2 is 1.73 bits per heavy atom. The minimum Gasteiger partial charge on any atom is -0.322 e. The molecule has 3 aromatic rings. The summed E-state index contributed by atoms with van der Waals surface area (Å²) < 4.78 is 26.8. The smallest absolute Gasteiger partial charge is 0.261 e. The van der Waals surface area contributed by atoms with Gasteiger partial charge in [0.2, 0.25) is 5.91 Å². The van der Waals surface area contributed by atoms with Gasteiger partial charge >= 0.3 is 0 Å². The van der Waals surface area contributed by atoms with Crippen LogP contribution in [0.15, 0.2) is 42.5 Å². The topological polar surface area (TPSA) is 110 Å². The van der Waals surface area contributed by atoms with Crippen molar-refractivity contribution in [2.24, 2.45) is 0 Å². The number of imide groups is 1. The molecule has 1 N–H and O–H groups in total. The lowest BCUT2D eigenvalue weighted by Gasteiger charge is -2.11. The van der Waals surface area contributed by atoms with Crippen molar-refractivity contribution in [1.82, 2.24) is 25.1 Å². The van der Waals surface area contributed by atoms with Crippen LogP contribution in [-0.4, -0.2) is 49.4 Å². The molecule has 11 heteroatoms. The van der Waals surface area contributed by atoms with E-state index in [-0.39, 0.29) is 42.8 Å². The monoisotopic (exact) mass is 412 g/mol. The van der Waals surface area contributed by atoms with Crippen molar-refractivity contribution in [1.29, 1.82) is 0 Å². The van der Waals surface area contributed by atoms with Crippen molar-refractivity contribution in [3.8, 4) is 0 Å². The molecule has 3 amide bonds. The Kier molecular flexibility index (Phi) is 5.00. The van der Waals surface area contributed by atoms with Crippen LogP contribution in [0.1, 0.15) is 26.5 Å². The third kappa shape index (κ3) is 3.77. The van der Waals surface area contributed by atoms with E-state index >= 15 is 0 Å². The molecule has 152 valence electrons. The second kappa shape index (κ2) is 7.78. The molecule has 1 aromatic heterocycles. The zero-order valence-electron chi connectivity index (χ0n) is 15.4. The summed E-state index contributed by atoms with van der Waals surface area (Å²) in [5, 5.41) is 13.7. The van der Waals surface area contributed by atoms with Gasteiger partial charge in [0.15, 0.2) is 5.82 Å². The number of carbonyl (C=O) groups is 3. The van der Waals surface area contributed by atoms with Crippen LogP contribution < -0.4 is 5.32 Å². The molecular formula is C19H14F2N6O3. The first kappa shape index (κ1) is 19.3. The quantitative estimate of drug-likeness (QED) is 0.614. The van der Waals surface area contributed by atoms with Gasteiger partial charge in [-0.05, 0) is 29.5 Å². The number of amides is 3. The van der Waals surface area contributed by atoms with Gasteiger partial charge in [-0.15, -0.1) is 10.2 Å². The van der Waals surface area contributed by atoms with Gasteiger partial charge < -0.3 is 5.32 Å². The molecule has 0 saturated heterocycles. The van der Waals surface area contributed by atoms with Crippen LogP contribution in [0.3, 0.4) is 0 Å². The maximum Gasteiger partial charge on any atom is 0.261 e. The van der Waals surface area contributed by atoms with Gasteiger partial charge in [-0.3, -0.25) is 19.3 Å². The minimum absolute atomic E-state index is 0.0543. The molecular weight excluding hydrogens is 398 g/mol. The summed E-state index contributed by atoms with van der Waals surface area (Å²) in [6, 6.07) is 9.23. The Morgan fingerprint density at radius 1 is 1.03 bits per heavy atom. The van der Waals surface area contributed by atoms with Crippen molar-refractivity contribution in [3.05, 3.63) is 71.1 Å². The average Bonchev–Trinajstić information content (AvgIpc) is 3.26. The summed E-state index contributed by atoms with van der Waals surface area (Å²) in [4.78, 5) is 38.8. The molecule has 0 fully saturated rings. The van der Waals surface area contributed by atoms with E-state index in [2.05, 4.69) is 20.7 Å². The van der Waals surface area contributed by atoms with Crippen LogP contribution in [-0.2, 0) is 17.8 Å². The fourth-order valence-corrected chi connectivity index (χ4v) is 3.01. The number of benzene rings is 2. The number of hydrogen-bond acceptors (Lipinski definition) is 6. The molecule has 0 unspecified atom stereocenters. The maximum atomic E-state index is 13.6.